The maximum atomic E-state index is 10.7. The molecule has 1 aromatic rings. The fourth-order valence-electron chi connectivity index (χ4n) is 2.55. The summed E-state index contributed by atoms with van der Waals surface area (Å²) in [6, 6.07) is 7.93. The summed E-state index contributed by atoms with van der Waals surface area (Å²) in [7, 11) is 1.66. The van der Waals surface area contributed by atoms with E-state index in [0.717, 1.165) is 37.4 Å². The molecule has 0 aromatic heterocycles. The molecule has 0 spiro atoms. The summed E-state index contributed by atoms with van der Waals surface area (Å²) in [5.74, 6) is 0.478. The number of likely N-dealkylation sites (tertiary alicyclic amines) is 1. The predicted molar refractivity (Wildman–Crippen MR) is 78.8 cm³/mol. The Kier molecular flexibility index (Phi) is 5.18. The first kappa shape index (κ1) is 14.6. The number of carboxylic acids is 1. The van der Waals surface area contributed by atoms with Crippen molar-refractivity contribution < 1.29 is 14.6 Å². The van der Waals surface area contributed by atoms with Gasteiger partial charge >= 0.3 is 5.97 Å². The molecular weight excluding hydrogens is 254 g/mol. The van der Waals surface area contributed by atoms with Crippen molar-refractivity contribution in [3.63, 3.8) is 0 Å². The van der Waals surface area contributed by atoms with E-state index in [1.165, 1.54) is 0 Å². The summed E-state index contributed by atoms with van der Waals surface area (Å²) in [5.41, 5.74) is 1.15. The van der Waals surface area contributed by atoms with Gasteiger partial charge in [-0.25, -0.2) is 0 Å². The molecule has 1 N–H and O–H groups in total. The van der Waals surface area contributed by atoms with Crippen LogP contribution in [0.15, 0.2) is 30.3 Å². The number of carbonyl (C=O) groups is 1. The number of nitrogens with zero attached hydrogens (tertiary/aromatic N) is 1. The number of hydrogen-bond acceptors (Lipinski definition) is 3. The summed E-state index contributed by atoms with van der Waals surface area (Å²) >= 11 is 0. The SMILES string of the molecule is COc1ccc(/C=C/CN2CC[C@@H](CC(=O)O)C2)cc1. The number of ether oxygens (including phenoxy) is 1. The number of rotatable bonds is 6. The quantitative estimate of drug-likeness (QED) is 0.866. The third kappa shape index (κ3) is 4.38. The maximum absolute atomic E-state index is 10.7. The van der Waals surface area contributed by atoms with E-state index in [4.69, 9.17) is 9.84 Å². The molecule has 0 radical (unpaired) electrons. The third-order valence-electron chi connectivity index (χ3n) is 3.62. The zero-order valence-electron chi connectivity index (χ0n) is 11.8. The highest BCUT2D eigenvalue weighted by molar-refractivity contribution is 5.67. The first-order valence-electron chi connectivity index (χ1n) is 6.92. The van der Waals surface area contributed by atoms with Crippen molar-refractivity contribution in [2.75, 3.05) is 26.7 Å². The normalized spacial score (nSPS) is 19.6. The van der Waals surface area contributed by atoms with Gasteiger partial charge in [0.15, 0.2) is 0 Å². The first-order chi connectivity index (χ1) is 9.67. The minimum Gasteiger partial charge on any atom is -0.497 e. The van der Waals surface area contributed by atoms with Crippen LogP contribution >= 0.6 is 0 Å². The lowest BCUT2D eigenvalue weighted by Crippen LogP contribution is -2.21. The highest BCUT2D eigenvalue weighted by atomic mass is 16.5. The molecule has 108 valence electrons. The third-order valence-corrected chi connectivity index (χ3v) is 3.62. The minimum absolute atomic E-state index is 0.290. The van der Waals surface area contributed by atoms with Crippen LogP contribution in [0.5, 0.6) is 5.75 Å². The van der Waals surface area contributed by atoms with E-state index in [1.54, 1.807) is 7.11 Å². The van der Waals surface area contributed by atoms with Gasteiger partial charge in [0.2, 0.25) is 0 Å². The van der Waals surface area contributed by atoms with Crippen LogP contribution in [0.2, 0.25) is 0 Å². The summed E-state index contributed by atoms with van der Waals surface area (Å²) in [4.78, 5) is 13.0. The van der Waals surface area contributed by atoms with Crippen LogP contribution in [0, 0.1) is 5.92 Å². The Balaban J connectivity index is 1.77. The summed E-state index contributed by atoms with van der Waals surface area (Å²) in [6.45, 7) is 2.76. The van der Waals surface area contributed by atoms with Crippen molar-refractivity contribution >= 4 is 12.0 Å². The number of benzene rings is 1. The Labute approximate surface area is 119 Å². The molecular formula is C16H21NO3. The number of hydrogen-bond donors (Lipinski definition) is 1. The lowest BCUT2D eigenvalue weighted by Gasteiger charge is -2.12. The van der Waals surface area contributed by atoms with Gasteiger partial charge in [0.05, 0.1) is 7.11 Å². The zero-order chi connectivity index (χ0) is 14.4. The molecule has 0 aliphatic carbocycles. The molecule has 20 heavy (non-hydrogen) atoms. The second-order valence-electron chi connectivity index (χ2n) is 5.19. The molecule has 2 rings (SSSR count). The molecule has 1 atom stereocenters. The molecule has 0 amide bonds. The fraction of sp³-hybridized carbons (Fsp3) is 0.438. The van der Waals surface area contributed by atoms with Crippen LogP contribution in [0.1, 0.15) is 18.4 Å². The lowest BCUT2D eigenvalue weighted by molar-refractivity contribution is -0.138. The van der Waals surface area contributed by atoms with Gasteiger partial charge in [0, 0.05) is 19.5 Å². The predicted octanol–water partition coefficient (Wildman–Crippen LogP) is 2.51. The van der Waals surface area contributed by atoms with E-state index in [-0.39, 0.29) is 0 Å². The van der Waals surface area contributed by atoms with Gasteiger partial charge in [-0.1, -0.05) is 24.3 Å². The second-order valence-corrected chi connectivity index (χ2v) is 5.19. The van der Waals surface area contributed by atoms with E-state index in [2.05, 4.69) is 17.1 Å². The van der Waals surface area contributed by atoms with Crippen molar-refractivity contribution in [1.29, 1.82) is 0 Å². The highest BCUT2D eigenvalue weighted by Crippen LogP contribution is 2.19. The zero-order valence-corrected chi connectivity index (χ0v) is 11.8. The van der Waals surface area contributed by atoms with Gasteiger partial charge in [-0.2, -0.15) is 0 Å². The van der Waals surface area contributed by atoms with Crippen LogP contribution in [0.25, 0.3) is 6.08 Å². The summed E-state index contributed by atoms with van der Waals surface area (Å²) in [6.07, 6.45) is 5.50. The first-order valence-corrected chi connectivity index (χ1v) is 6.92. The summed E-state index contributed by atoms with van der Waals surface area (Å²) in [5, 5.41) is 8.78. The topological polar surface area (TPSA) is 49.8 Å². The standard InChI is InChI=1S/C16H21NO3/c1-20-15-6-4-13(5-7-15)3-2-9-17-10-8-14(12-17)11-16(18)19/h2-7,14H,8-12H2,1H3,(H,18,19)/b3-2+/t14-/m0/s1. The van der Waals surface area contributed by atoms with E-state index in [0.29, 0.717) is 12.3 Å². The molecule has 0 unspecified atom stereocenters. The van der Waals surface area contributed by atoms with Crippen LogP contribution in [-0.2, 0) is 4.79 Å². The Morgan fingerprint density at radius 1 is 1.45 bits per heavy atom. The van der Waals surface area contributed by atoms with Gasteiger partial charge in [0.1, 0.15) is 5.75 Å². The Morgan fingerprint density at radius 3 is 2.85 bits per heavy atom. The molecule has 4 heteroatoms. The van der Waals surface area contributed by atoms with Gasteiger partial charge in [-0.3, -0.25) is 9.69 Å². The maximum Gasteiger partial charge on any atom is 0.303 e. The Morgan fingerprint density at radius 2 is 2.20 bits per heavy atom. The Hall–Kier alpha value is -1.81. The van der Waals surface area contributed by atoms with Crippen molar-refractivity contribution in [1.82, 2.24) is 4.90 Å². The average molecular weight is 275 g/mol. The molecule has 1 aliphatic heterocycles. The second kappa shape index (κ2) is 7.10. The smallest absolute Gasteiger partial charge is 0.303 e. The fourth-order valence-corrected chi connectivity index (χ4v) is 2.55. The Bertz CT molecular complexity index is 467. The van der Waals surface area contributed by atoms with Crippen LogP contribution < -0.4 is 4.74 Å². The van der Waals surface area contributed by atoms with Gasteiger partial charge < -0.3 is 9.84 Å². The van der Waals surface area contributed by atoms with E-state index < -0.39 is 5.97 Å². The molecule has 0 saturated carbocycles. The van der Waals surface area contributed by atoms with Crippen molar-refractivity contribution in [3.8, 4) is 5.75 Å². The summed E-state index contributed by atoms with van der Waals surface area (Å²) < 4.78 is 5.12. The van der Waals surface area contributed by atoms with Gasteiger partial charge in [-0.15, -0.1) is 0 Å². The molecule has 1 aromatic carbocycles. The van der Waals surface area contributed by atoms with Crippen LogP contribution in [-0.4, -0.2) is 42.7 Å². The molecule has 1 heterocycles. The van der Waals surface area contributed by atoms with E-state index >= 15 is 0 Å². The van der Waals surface area contributed by atoms with Gasteiger partial charge in [-0.05, 0) is 36.6 Å². The number of aliphatic carboxylic acids is 1. The number of methoxy groups -OCH3 is 1. The van der Waals surface area contributed by atoms with E-state index in [1.807, 2.05) is 24.3 Å². The van der Waals surface area contributed by atoms with Crippen molar-refractivity contribution in [2.45, 2.75) is 12.8 Å². The monoisotopic (exact) mass is 275 g/mol. The highest BCUT2D eigenvalue weighted by Gasteiger charge is 2.23. The average Bonchev–Trinajstić information content (AvgIpc) is 2.86. The van der Waals surface area contributed by atoms with Crippen LogP contribution in [0.4, 0.5) is 0 Å². The van der Waals surface area contributed by atoms with Gasteiger partial charge in [0.25, 0.3) is 0 Å². The minimum atomic E-state index is -0.689. The molecule has 0 bridgehead atoms. The molecule has 1 aliphatic rings. The number of carboxylic acid groups (broad SMARTS) is 1. The lowest BCUT2D eigenvalue weighted by atomic mass is 10.1. The van der Waals surface area contributed by atoms with Crippen molar-refractivity contribution in [3.05, 3.63) is 35.9 Å². The molecule has 4 nitrogen and oxygen atoms in total. The van der Waals surface area contributed by atoms with Crippen molar-refractivity contribution in [2.24, 2.45) is 5.92 Å². The molecule has 1 saturated heterocycles. The van der Waals surface area contributed by atoms with E-state index in [9.17, 15) is 4.79 Å². The molecule has 1 fully saturated rings. The largest absolute Gasteiger partial charge is 0.497 e. The van der Waals surface area contributed by atoms with Crippen LogP contribution in [0.3, 0.4) is 0 Å².